The maximum Gasteiger partial charge on any atom is 0.312 e. The molecule has 1 aliphatic heterocycles. The van der Waals surface area contributed by atoms with E-state index in [2.05, 4.69) is 5.10 Å². The summed E-state index contributed by atoms with van der Waals surface area (Å²) in [4.78, 5) is 25.1. The van der Waals surface area contributed by atoms with E-state index in [1.807, 2.05) is 12.1 Å². The molecule has 9 heteroatoms. The van der Waals surface area contributed by atoms with Gasteiger partial charge in [-0.1, -0.05) is 0 Å². The number of hydrogen-bond donors (Lipinski definition) is 0. The number of methoxy groups -OCH3 is 2. The van der Waals surface area contributed by atoms with Gasteiger partial charge in [0, 0.05) is 13.1 Å². The standard InChI is InChI=1S/C18H22N4O5/c1-11-18(22(24)25)12(2)21(19-11)10-17(23)20-6-5-13-7-15(26-3)16(27-4)8-14(13)9-20/h7-8H,5-6,9-10H2,1-4H3. The Balaban J connectivity index is 1.78. The minimum Gasteiger partial charge on any atom is -0.493 e. The molecule has 0 N–H and O–H groups in total. The lowest BCUT2D eigenvalue weighted by Crippen LogP contribution is -2.38. The van der Waals surface area contributed by atoms with Gasteiger partial charge in [0.15, 0.2) is 11.5 Å². The van der Waals surface area contributed by atoms with E-state index < -0.39 is 4.92 Å². The molecule has 0 aliphatic carbocycles. The zero-order valence-electron chi connectivity index (χ0n) is 15.8. The summed E-state index contributed by atoms with van der Waals surface area (Å²) in [6.45, 7) is 4.18. The number of ether oxygens (including phenoxy) is 2. The highest BCUT2D eigenvalue weighted by atomic mass is 16.6. The highest BCUT2D eigenvalue weighted by Gasteiger charge is 2.26. The molecule has 0 bridgehead atoms. The summed E-state index contributed by atoms with van der Waals surface area (Å²) in [6.07, 6.45) is 0.707. The van der Waals surface area contributed by atoms with Crippen molar-refractivity contribution in [3.8, 4) is 11.5 Å². The SMILES string of the molecule is COc1cc2c(cc1OC)CN(C(=O)Cn1nc(C)c([N+](=O)[O-])c1C)CC2. The van der Waals surface area contributed by atoms with Gasteiger partial charge in [-0.15, -0.1) is 0 Å². The van der Waals surface area contributed by atoms with Crippen LogP contribution in [0.3, 0.4) is 0 Å². The molecule has 0 spiro atoms. The molecule has 0 radical (unpaired) electrons. The lowest BCUT2D eigenvalue weighted by Gasteiger charge is -2.29. The minimum atomic E-state index is -0.463. The molecular weight excluding hydrogens is 352 g/mol. The average Bonchev–Trinajstić information content (AvgIpc) is 2.93. The number of fused-ring (bicyclic) bond motifs is 1. The van der Waals surface area contributed by atoms with Crippen LogP contribution in [-0.4, -0.2) is 46.3 Å². The van der Waals surface area contributed by atoms with Gasteiger partial charge in [0.1, 0.15) is 17.9 Å². The summed E-state index contributed by atoms with van der Waals surface area (Å²) in [6, 6.07) is 3.84. The third-order valence-electron chi connectivity index (χ3n) is 4.88. The molecule has 0 atom stereocenters. The first-order chi connectivity index (χ1) is 12.8. The fraction of sp³-hybridized carbons (Fsp3) is 0.444. The number of benzene rings is 1. The van der Waals surface area contributed by atoms with Crippen LogP contribution >= 0.6 is 0 Å². The number of hydrogen-bond acceptors (Lipinski definition) is 6. The van der Waals surface area contributed by atoms with Crippen LogP contribution in [0.5, 0.6) is 11.5 Å². The molecule has 2 aromatic rings. The number of aromatic nitrogens is 2. The van der Waals surface area contributed by atoms with Crippen LogP contribution in [0.25, 0.3) is 0 Å². The molecule has 144 valence electrons. The van der Waals surface area contributed by atoms with E-state index in [9.17, 15) is 14.9 Å². The lowest BCUT2D eigenvalue weighted by atomic mass is 9.98. The number of carbonyl (C=O) groups is 1. The molecule has 27 heavy (non-hydrogen) atoms. The Hall–Kier alpha value is -3.10. The molecule has 3 rings (SSSR count). The Kier molecular flexibility index (Phi) is 5.02. The van der Waals surface area contributed by atoms with E-state index in [0.717, 1.165) is 11.1 Å². The first-order valence-corrected chi connectivity index (χ1v) is 8.55. The highest BCUT2D eigenvalue weighted by molar-refractivity contribution is 5.76. The van der Waals surface area contributed by atoms with Gasteiger partial charge >= 0.3 is 5.69 Å². The molecular formula is C18H22N4O5. The van der Waals surface area contributed by atoms with Crippen molar-refractivity contribution in [2.75, 3.05) is 20.8 Å². The lowest BCUT2D eigenvalue weighted by molar-refractivity contribution is -0.386. The normalized spacial score (nSPS) is 13.3. The summed E-state index contributed by atoms with van der Waals surface area (Å²) < 4.78 is 12.1. The van der Waals surface area contributed by atoms with Crippen molar-refractivity contribution in [3.63, 3.8) is 0 Å². The summed E-state index contributed by atoms with van der Waals surface area (Å²) in [7, 11) is 3.17. The maximum atomic E-state index is 12.7. The third kappa shape index (κ3) is 3.44. The van der Waals surface area contributed by atoms with Crippen LogP contribution in [0.2, 0.25) is 0 Å². The molecule has 0 fully saturated rings. The highest BCUT2D eigenvalue weighted by Crippen LogP contribution is 2.33. The minimum absolute atomic E-state index is 0.0247. The van der Waals surface area contributed by atoms with Crippen molar-refractivity contribution in [1.29, 1.82) is 0 Å². The summed E-state index contributed by atoms with van der Waals surface area (Å²) in [5.41, 5.74) is 2.79. The summed E-state index contributed by atoms with van der Waals surface area (Å²) in [5.74, 6) is 1.17. The zero-order valence-corrected chi connectivity index (χ0v) is 15.8. The molecule has 1 aromatic heterocycles. The van der Waals surface area contributed by atoms with Crippen molar-refractivity contribution in [2.24, 2.45) is 0 Å². The predicted octanol–water partition coefficient (Wildman–Crippen LogP) is 2.01. The molecule has 9 nitrogen and oxygen atoms in total. The van der Waals surface area contributed by atoms with E-state index >= 15 is 0 Å². The van der Waals surface area contributed by atoms with Crippen LogP contribution in [0, 0.1) is 24.0 Å². The topological polar surface area (TPSA) is 99.7 Å². The van der Waals surface area contributed by atoms with Crippen molar-refractivity contribution in [1.82, 2.24) is 14.7 Å². The Morgan fingerprint density at radius 1 is 1.22 bits per heavy atom. The van der Waals surface area contributed by atoms with E-state index in [0.29, 0.717) is 42.4 Å². The summed E-state index contributed by atoms with van der Waals surface area (Å²) >= 11 is 0. The Bertz CT molecular complexity index is 906. The molecule has 0 unspecified atom stereocenters. The number of nitrogens with zero attached hydrogens (tertiary/aromatic N) is 4. The number of aryl methyl sites for hydroxylation is 1. The van der Waals surface area contributed by atoms with Gasteiger partial charge in [-0.05, 0) is 43.5 Å². The first-order valence-electron chi connectivity index (χ1n) is 8.55. The Morgan fingerprint density at radius 3 is 2.41 bits per heavy atom. The van der Waals surface area contributed by atoms with E-state index in [4.69, 9.17) is 9.47 Å². The van der Waals surface area contributed by atoms with Crippen LogP contribution in [0.4, 0.5) is 5.69 Å². The molecule has 2 heterocycles. The second-order valence-corrected chi connectivity index (χ2v) is 6.48. The van der Waals surface area contributed by atoms with Gasteiger partial charge in [-0.2, -0.15) is 5.10 Å². The van der Waals surface area contributed by atoms with Gasteiger partial charge in [-0.3, -0.25) is 19.6 Å². The van der Waals surface area contributed by atoms with Crippen molar-refractivity contribution in [3.05, 3.63) is 44.8 Å². The number of rotatable bonds is 5. The van der Waals surface area contributed by atoms with Crippen LogP contribution in [0.1, 0.15) is 22.5 Å². The van der Waals surface area contributed by atoms with Crippen LogP contribution in [0.15, 0.2) is 12.1 Å². The Labute approximate surface area is 156 Å². The zero-order chi connectivity index (χ0) is 19.7. The fourth-order valence-electron chi connectivity index (χ4n) is 3.43. The molecule has 1 aliphatic rings. The largest absolute Gasteiger partial charge is 0.493 e. The second-order valence-electron chi connectivity index (χ2n) is 6.48. The quantitative estimate of drug-likeness (QED) is 0.586. The summed E-state index contributed by atoms with van der Waals surface area (Å²) in [5, 5.41) is 15.3. The van der Waals surface area contributed by atoms with Crippen molar-refractivity contribution in [2.45, 2.75) is 33.4 Å². The molecule has 1 amide bonds. The van der Waals surface area contributed by atoms with E-state index in [-0.39, 0.29) is 18.1 Å². The van der Waals surface area contributed by atoms with Crippen molar-refractivity contribution < 1.29 is 19.2 Å². The predicted molar refractivity (Wildman–Crippen MR) is 97.0 cm³/mol. The Morgan fingerprint density at radius 2 is 1.85 bits per heavy atom. The van der Waals surface area contributed by atoms with Crippen LogP contribution in [-0.2, 0) is 24.3 Å². The monoisotopic (exact) mass is 374 g/mol. The smallest absolute Gasteiger partial charge is 0.312 e. The molecule has 0 saturated carbocycles. The molecule has 0 saturated heterocycles. The van der Waals surface area contributed by atoms with Gasteiger partial charge in [0.2, 0.25) is 5.91 Å². The second kappa shape index (κ2) is 7.26. The van der Waals surface area contributed by atoms with Gasteiger partial charge < -0.3 is 14.4 Å². The van der Waals surface area contributed by atoms with Gasteiger partial charge in [0.25, 0.3) is 0 Å². The van der Waals surface area contributed by atoms with E-state index in [1.54, 1.807) is 33.0 Å². The van der Waals surface area contributed by atoms with Gasteiger partial charge in [0.05, 0.1) is 19.1 Å². The van der Waals surface area contributed by atoms with E-state index in [1.165, 1.54) is 4.68 Å². The van der Waals surface area contributed by atoms with Crippen LogP contribution < -0.4 is 9.47 Å². The first kappa shape index (κ1) is 18.7. The number of nitro groups is 1. The average molecular weight is 374 g/mol. The third-order valence-corrected chi connectivity index (χ3v) is 4.88. The fourth-order valence-corrected chi connectivity index (χ4v) is 3.43. The number of carbonyl (C=O) groups excluding carboxylic acids is 1. The molecule has 1 aromatic carbocycles. The number of amides is 1. The van der Waals surface area contributed by atoms with Crippen molar-refractivity contribution >= 4 is 11.6 Å². The maximum absolute atomic E-state index is 12.7. The van der Waals surface area contributed by atoms with Gasteiger partial charge in [-0.25, -0.2) is 0 Å².